The lowest BCUT2D eigenvalue weighted by Crippen LogP contribution is -2.48. The number of unbranched alkanes of at least 4 members (excludes halogenated alkanes) is 3. The summed E-state index contributed by atoms with van der Waals surface area (Å²) in [4.78, 5) is 96.3. The largest absolute Gasteiger partial charge is 0.488 e. The van der Waals surface area contributed by atoms with E-state index in [9.17, 15) is 28.8 Å². The maximum absolute atomic E-state index is 14.0. The Morgan fingerprint density at radius 3 is 2.14 bits per heavy atom. The van der Waals surface area contributed by atoms with Crippen LogP contribution in [-0.4, -0.2) is 103 Å². The zero-order chi connectivity index (χ0) is 50.9. The average Bonchev–Trinajstić information content (AvgIpc) is 3.83. The van der Waals surface area contributed by atoms with E-state index in [1.54, 1.807) is 19.1 Å². The summed E-state index contributed by atoms with van der Waals surface area (Å²) in [5, 5.41) is 8.28. The molecule has 0 aromatic heterocycles. The van der Waals surface area contributed by atoms with Crippen LogP contribution in [0.5, 0.6) is 5.75 Å². The molecule has 4 aromatic rings. The zero-order valence-corrected chi connectivity index (χ0v) is 41.2. The van der Waals surface area contributed by atoms with Crippen LogP contribution in [0.3, 0.4) is 0 Å². The first-order valence-corrected chi connectivity index (χ1v) is 24.9. The van der Waals surface area contributed by atoms with Crippen molar-refractivity contribution >= 4 is 41.5 Å². The van der Waals surface area contributed by atoms with Crippen molar-refractivity contribution in [1.29, 1.82) is 0 Å². The molecule has 0 saturated carbocycles. The second-order valence-corrected chi connectivity index (χ2v) is 17.7. The van der Waals surface area contributed by atoms with Crippen molar-refractivity contribution in [1.82, 2.24) is 20.8 Å². The van der Waals surface area contributed by atoms with E-state index in [0.29, 0.717) is 75.8 Å². The van der Waals surface area contributed by atoms with Crippen LogP contribution < -0.4 is 15.4 Å². The van der Waals surface area contributed by atoms with Crippen LogP contribution in [0.1, 0.15) is 106 Å². The van der Waals surface area contributed by atoms with Gasteiger partial charge in [0.2, 0.25) is 23.6 Å². The number of carbonyl (C=O) groups excluding carboxylic acids is 6. The molecule has 4 atom stereocenters. The van der Waals surface area contributed by atoms with Gasteiger partial charge in [-0.2, -0.15) is 0 Å². The highest BCUT2D eigenvalue weighted by Crippen LogP contribution is 2.24. The normalized spacial score (nSPS) is 16.3. The highest BCUT2D eigenvalue weighted by Gasteiger charge is 2.34. The number of hydrogen-bond acceptors (Lipinski definition) is 13. The third-order valence-corrected chi connectivity index (χ3v) is 12.0. The number of rotatable bonds is 28. The number of para-hydroxylation sites is 1. The summed E-state index contributed by atoms with van der Waals surface area (Å²) in [7, 11) is 1.34. The number of aliphatic imine (C=N–C) groups is 1. The number of benzene rings is 4. The highest BCUT2D eigenvalue weighted by atomic mass is 16.7. The van der Waals surface area contributed by atoms with Gasteiger partial charge in [0.25, 0.3) is 5.91 Å². The number of nitrogens with zero attached hydrogens (tertiary/aromatic N) is 3. The van der Waals surface area contributed by atoms with Crippen LogP contribution in [0.15, 0.2) is 120 Å². The predicted molar refractivity (Wildman–Crippen MR) is 266 cm³/mol. The van der Waals surface area contributed by atoms with E-state index in [4.69, 9.17) is 28.6 Å². The van der Waals surface area contributed by atoms with Crippen molar-refractivity contribution < 1.29 is 57.4 Å². The minimum Gasteiger partial charge on any atom is -0.488 e. The molecule has 2 aliphatic rings. The fourth-order valence-electron chi connectivity index (χ4n) is 8.05. The molecular weight excluding hydrogens is 923 g/mol. The van der Waals surface area contributed by atoms with Crippen LogP contribution >= 0.6 is 0 Å². The molecular formula is C55H67N5O12. The zero-order valence-electron chi connectivity index (χ0n) is 41.2. The molecule has 0 aliphatic carbocycles. The molecule has 384 valence electrons. The van der Waals surface area contributed by atoms with Gasteiger partial charge in [0.05, 0.1) is 19.1 Å². The summed E-state index contributed by atoms with van der Waals surface area (Å²) in [6.45, 7) is 2.76. The van der Waals surface area contributed by atoms with E-state index in [-0.39, 0.29) is 75.7 Å². The third-order valence-electron chi connectivity index (χ3n) is 12.0. The van der Waals surface area contributed by atoms with E-state index in [1.807, 2.05) is 103 Å². The van der Waals surface area contributed by atoms with Crippen LogP contribution in [0, 0.1) is 0 Å². The second-order valence-electron chi connectivity index (χ2n) is 17.7. The van der Waals surface area contributed by atoms with Gasteiger partial charge in [-0.15, -0.1) is 0 Å². The Labute approximate surface area is 421 Å². The number of methoxy groups -OCH3 is 1. The minimum absolute atomic E-state index is 0.0837. The lowest BCUT2D eigenvalue weighted by Gasteiger charge is -2.25. The van der Waals surface area contributed by atoms with Gasteiger partial charge in [-0.25, -0.2) is 19.9 Å². The molecule has 1 fully saturated rings. The molecule has 4 amide bonds. The van der Waals surface area contributed by atoms with Crippen molar-refractivity contribution in [2.45, 2.75) is 128 Å². The smallest absolute Gasteiger partial charge is 0.328 e. The quantitative estimate of drug-likeness (QED) is 0.0333. The van der Waals surface area contributed by atoms with E-state index < -0.39 is 42.0 Å². The van der Waals surface area contributed by atoms with Gasteiger partial charge in [-0.1, -0.05) is 110 Å². The fraction of sp³-hybridized carbons (Fsp3) is 0.436. The highest BCUT2D eigenvalue weighted by molar-refractivity contribution is 6.01. The first-order chi connectivity index (χ1) is 35.1. The maximum Gasteiger partial charge on any atom is 0.328 e. The van der Waals surface area contributed by atoms with Gasteiger partial charge in [0.1, 0.15) is 50.4 Å². The first kappa shape index (κ1) is 54.2. The Hall–Kier alpha value is -7.11. The standard InChI is InChI=1S/C55H67N5O12/c1-40(35-49(61)56-45-28-17-20-34-60(54(45)65)71-38-43-25-11-5-12-26-43)72-55(66)46(29-18-19-33-59(70-37-42-23-9-4-10-24-42)50(62)31-13-6-14-32-51(63)67-2)57-52(64)47-39-69-53(58-47)44-27-15-16-30-48(44)68-36-41-21-7-3-8-22-41/h3-5,7-12,15-16,21-27,30,40,45-47H,6,13-14,17-20,28-29,31-39H2,1-2H3,(H,56,61)(H,57,64)/t40-,45+,46+,47+/m1/s1. The molecule has 0 spiro atoms. The summed E-state index contributed by atoms with van der Waals surface area (Å²) in [5.41, 5.74) is 3.32. The third kappa shape index (κ3) is 17.9. The Balaban J connectivity index is 1.08. The summed E-state index contributed by atoms with van der Waals surface area (Å²) in [5.74, 6) is -1.94. The van der Waals surface area contributed by atoms with Gasteiger partial charge >= 0.3 is 11.9 Å². The number of amides is 4. The Morgan fingerprint density at radius 1 is 0.778 bits per heavy atom. The van der Waals surface area contributed by atoms with E-state index in [0.717, 1.165) is 16.7 Å². The van der Waals surface area contributed by atoms with Crippen LogP contribution in [0.4, 0.5) is 0 Å². The molecule has 17 heteroatoms. The number of hydroxylamine groups is 4. The molecule has 17 nitrogen and oxygen atoms in total. The maximum atomic E-state index is 14.0. The number of nitrogens with one attached hydrogen (secondary N) is 2. The van der Waals surface area contributed by atoms with Crippen molar-refractivity contribution in [3.63, 3.8) is 0 Å². The lowest BCUT2D eigenvalue weighted by atomic mass is 10.1. The number of esters is 2. The number of hydrogen-bond donors (Lipinski definition) is 2. The monoisotopic (exact) mass is 989 g/mol. The molecule has 72 heavy (non-hydrogen) atoms. The Kier molecular flexibility index (Phi) is 22.1. The van der Waals surface area contributed by atoms with Crippen LogP contribution in [0.25, 0.3) is 0 Å². The van der Waals surface area contributed by atoms with Gasteiger partial charge < -0.3 is 29.6 Å². The fourth-order valence-corrected chi connectivity index (χ4v) is 8.05. The van der Waals surface area contributed by atoms with Gasteiger partial charge in [-0.05, 0) is 87.1 Å². The van der Waals surface area contributed by atoms with E-state index >= 15 is 0 Å². The molecule has 2 N–H and O–H groups in total. The molecule has 0 radical (unpaired) electrons. The van der Waals surface area contributed by atoms with Crippen molar-refractivity contribution in [2.24, 2.45) is 4.99 Å². The van der Waals surface area contributed by atoms with Gasteiger partial charge in [-0.3, -0.25) is 33.6 Å². The lowest BCUT2D eigenvalue weighted by molar-refractivity contribution is -0.192. The average molecular weight is 990 g/mol. The summed E-state index contributed by atoms with van der Waals surface area (Å²) in [6.07, 6.45) is 3.83. The molecule has 4 aromatic carbocycles. The SMILES string of the molecule is COC(=O)CCCCCC(=O)N(CCCC[C@H](NC(=O)[C@@H]1COC(c2ccccc2OCc2ccccc2)=N1)C(=O)O[C@H](C)CC(=O)N[C@H]1CCCCN(OCc2ccccc2)C1=O)OCc1ccccc1. The molecule has 1 saturated heterocycles. The van der Waals surface area contributed by atoms with Crippen LogP contribution in [-0.2, 0) is 72.5 Å². The number of ether oxygens (including phenoxy) is 4. The van der Waals surface area contributed by atoms with E-state index in [1.165, 1.54) is 17.2 Å². The van der Waals surface area contributed by atoms with Crippen molar-refractivity contribution in [3.8, 4) is 5.75 Å². The Bertz CT molecular complexity index is 2390. The second kappa shape index (κ2) is 29.3. The van der Waals surface area contributed by atoms with Crippen molar-refractivity contribution in [3.05, 3.63) is 138 Å². The van der Waals surface area contributed by atoms with Gasteiger partial charge in [0.15, 0.2) is 6.04 Å². The molecule has 0 bridgehead atoms. The summed E-state index contributed by atoms with van der Waals surface area (Å²) in [6, 6.07) is 32.9. The number of carbonyl (C=O) groups is 6. The summed E-state index contributed by atoms with van der Waals surface area (Å²) >= 11 is 0. The minimum atomic E-state index is -1.16. The molecule has 2 aliphatic heterocycles. The molecule has 2 heterocycles. The molecule has 6 rings (SSSR count). The predicted octanol–water partition coefficient (Wildman–Crippen LogP) is 7.10. The van der Waals surface area contributed by atoms with Crippen LogP contribution in [0.2, 0.25) is 0 Å². The Morgan fingerprint density at radius 2 is 1.43 bits per heavy atom. The summed E-state index contributed by atoms with van der Waals surface area (Å²) < 4.78 is 22.6. The first-order valence-electron chi connectivity index (χ1n) is 24.9. The topological polar surface area (TPSA) is 201 Å². The van der Waals surface area contributed by atoms with Gasteiger partial charge in [0, 0.05) is 25.9 Å². The van der Waals surface area contributed by atoms with E-state index in [2.05, 4.69) is 15.6 Å². The van der Waals surface area contributed by atoms with Crippen molar-refractivity contribution in [2.75, 3.05) is 26.8 Å². The molecule has 0 unspecified atom stereocenters.